The topological polar surface area (TPSA) is 75.0 Å². The zero-order valence-corrected chi connectivity index (χ0v) is 14.3. The number of H-pyrrole nitrogens is 1. The van der Waals surface area contributed by atoms with Crippen LogP contribution in [0.4, 0.5) is 0 Å². The molecule has 0 saturated heterocycles. The molecular formula is C20H22N4O. The number of aromatic amines is 1. The monoisotopic (exact) mass is 334 g/mol. The maximum absolute atomic E-state index is 13.0. The lowest BCUT2D eigenvalue weighted by atomic mass is 9.93. The number of hydrogen-bond acceptors (Lipinski definition) is 3. The van der Waals surface area contributed by atoms with E-state index in [1.165, 1.54) is 11.1 Å². The summed E-state index contributed by atoms with van der Waals surface area (Å²) < 4.78 is 0. The molecule has 4 rings (SSSR count). The predicted molar refractivity (Wildman–Crippen MR) is 97.8 cm³/mol. The Balaban J connectivity index is 1.80. The standard InChI is InChI=1S/C20H22N4O/c1-13(14-5-3-2-4-6-14)24-12-17-15(7-9-18(21)20(24)25)8-10-19-16(17)11-22-23-19/h2-6,8,10-11,13,18H,7,9,12,21H2,1H3,(H,22,23)/t13-,18-/m1/s1. The maximum Gasteiger partial charge on any atom is 0.240 e. The second kappa shape index (κ2) is 6.33. The Bertz CT molecular complexity index is 902. The van der Waals surface area contributed by atoms with E-state index in [0.29, 0.717) is 13.0 Å². The van der Waals surface area contributed by atoms with Crippen molar-refractivity contribution in [1.82, 2.24) is 15.1 Å². The number of rotatable bonds is 2. The third-order valence-corrected chi connectivity index (χ3v) is 5.24. The zero-order valence-electron chi connectivity index (χ0n) is 14.3. The van der Waals surface area contributed by atoms with Crippen molar-refractivity contribution >= 4 is 16.8 Å². The van der Waals surface area contributed by atoms with Crippen molar-refractivity contribution in [2.75, 3.05) is 0 Å². The fraction of sp³-hybridized carbons (Fsp3) is 0.300. The van der Waals surface area contributed by atoms with E-state index >= 15 is 0 Å². The average Bonchev–Trinajstić information content (AvgIpc) is 3.12. The second-order valence-corrected chi connectivity index (χ2v) is 6.73. The smallest absolute Gasteiger partial charge is 0.240 e. The number of amides is 1. The van der Waals surface area contributed by atoms with Crippen LogP contribution in [-0.4, -0.2) is 27.0 Å². The van der Waals surface area contributed by atoms with Crippen molar-refractivity contribution in [3.63, 3.8) is 0 Å². The highest BCUT2D eigenvalue weighted by Crippen LogP contribution is 2.30. The minimum atomic E-state index is -0.459. The largest absolute Gasteiger partial charge is 0.330 e. The molecule has 2 aromatic carbocycles. The number of nitrogens with one attached hydrogen (secondary N) is 1. The summed E-state index contributed by atoms with van der Waals surface area (Å²) in [4.78, 5) is 14.9. The molecule has 5 heteroatoms. The SMILES string of the molecule is C[C@H](c1ccccc1)N1Cc2c(ccc3[nH]ncc23)CC[C@@H](N)C1=O. The van der Waals surface area contributed by atoms with Gasteiger partial charge >= 0.3 is 0 Å². The summed E-state index contributed by atoms with van der Waals surface area (Å²) >= 11 is 0. The molecule has 0 aliphatic carbocycles. The first-order valence-corrected chi connectivity index (χ1v) is 8.70. The van der Waals surface area contributed by atoms with E-state index in [9.17, 15) is 4.79 Å². The third kappa shape index (κ3) is 2.81. The first-order valence-electron chi connectivity index (χ1n) is 8.70. The first kappa shape index (κ1) is 15.8. The van der Waals surface area contributed by atoms with Crippen molar-refractivity contribution in [3.05, 3.63) is 65.4 Å². The molecule has 0 fully saturated rings. The van der Waals surface area contributed by atoms with Crippen LogP contribution in [0.25, 0.3) is 10.9 Å². The molecule has 0 radical (unpaired) electrons. The fourth-order valence-electron chi connectivity index (χ4n) is 3.68. The van der Waals surface area contributed by atoms with Gasteiger partial charge in [-0.05, 0) is 42.5 Å². The molecule has 0 spiro atoms. The molecule has 3 aromatic rings. The molecule has 25 heavy (non-hydrogen) atoms. The molecule has 2 atom stereocenters. The molecule has 1 aliphatic rings. The number of nitrogens with two attached hydrogens (primary N) is 1. The Kier molecular flexibility index (Phi) is 4.01. The predicted octanol–water partition coefficient (Wildman–Crippen LogP) is 2.93. The highest BCUT2D eigenvalue weighted by molar-refractivity contribution is 5.86. The summed E-state index contributed by atoms with van der Waals surface area (Å²) in [6.45, 7) is 2.62. The van der Waals surface area contributed by atoms with Gasteiger partial charge in [-0.3, -0.25) is 9.89 Å². The molecule has 0 unspecified atom stereocenters. The van der Waals surface area contributed by atoms with Crippen LogP contribution in [0.1, 0.15) is 36.1 Å². The minimum absolute atomic E-state index is 0.0162. The van der Waals surface area contributed by atoms with Gasteiger partial charge in [-0.25, -0.2) is 0 Å². The van der Waals surface area contributed by atoms with Crippen molar-refractivity contribution in [2.45, 2.75) is 38.4 Å². The first-order chi connectivity index (χ1) is 12.1. The lowest BCUT2D eigenvalue weighted by molar-refractivity contribution is -0.135. The van der Waals surface area contributed by atoms with Gasteiger partial charge in [0.25, 0.3) is 0 Å². The number of aromatic nitrogens is 2. The Morgan fingerprint density at radius 2 is 2.04 bits per heavy atom. The fourth-order valence-corrected chi connectivity index (χ4v) is 3.68. The number of hydrogen-bond donors (Lipinski definition) is 2. The van der Waals surface area contributed by atoms with Gasteiger partial charge in [-0.2, -0.15) is 5.10 Å². The quantitative estimate of drug-likeness (QED) is 0.756. The minimum Gasteiger partial charge on any atom is -0.330 e. The van der Waals surface area contributed by atoms with Crippen LogP contribution in [0.15, 0.2) is 48.7 Å². The van der Waals surface area contributed by atoms with Crippen LogP contribution >= 0.6 is 0 Å². The van der Waals surface area contributed by atoms with Crippen LogP contribution in [0.2, 0.25) is 0 Å². The van der Waals surface area contributed by atoms with Gasteiger partial charge in [0.1, 0.15) is 0 Å². The van der Waals surface area contributed by atoms with Crippen LogP contribution < -0.4 is 5.73 Å². The van der Waals surface area contributed by atoms with Gasteiger partial charge in [-0.1, -0.05) is 36.4 Å². The van der Waals surface area contributed by atoms with E-state index < -0.39 is 6.04 Å². The van der Waals surface area contributed by atoms with Gasteiger partial charge in [0.15, 0.2) is 0 Å². The summed E-state index contributed by atoms with van der Waals surface area (Å²) in [5.74, 6) is 0.0162. The maximum atomic E-state index is 13.0. The number of fused-ring (bicyclic) bond motifs is 3. The molecular weight excluding hydrogens is 312 g/mol. The molecule has 5 nitrogen and oxygen atoms in total. The Morgan fingerprint density at radius 1 is 1.24 bits per heavy atom. The Morgan fingerprint density at radius 3 is 2.84 bits per heavy atom. The van der Waals surface area contributed by atoms with E-state index in [0.717, 1.165) is 22.9 Å². The van der Waals surface area contributed by atoms with Crippen molar-refractivity contribution < 1.29 is 4.79 Å². The number of aryl methyl sites for hydroxylation is 1. The molecule has 1 aliphatic heterocycles. The van der Waals surface area contributed by atoms with Gasteiger partial charge in [0, 0.05) is 11.9 Å². The van der Waals surface area contributed by atoms with Crippen LogP contribution in [-0.2, 0) is 17.8 Å². The molecule has 0 saturated carbocycles. The van der Waals surface area contributed by atoms with Crippen molar-refractivity contribution in [3.8, 4) is 0 Å². The molecule has 3 N–H and O–H groups in total. The van der Waals surface area contributed by atoms with E-state index in [-0.39, 0.29) is 11.9 Å². The van der Waals surface area contributed by atoms with Gasteiger partial charge < -0.3 is 10.6 Å². The number of benzene rings is 2. The summed E-state index contributed by atoms with van der Waals surface area (Å²) in [6.07, 6.45) is 3.33. The van der Waals surface area contributed by atoms with Crippen molar-refractivity contribution in [2.24, 2.45) is 5.73 Å². The summed E-state index contributed by atoms with van der Waals surface area (Å²) in [5.41, 5.74) is 10.7. The lowest BCUT2D eigenvalue weighted by Gasteiger charge is -2.34. The van der Waals surface area contributed by atoms with Gasteiger partial charge in [0.2, 0.25) is 5.91 Å². The van der Waals surface area contributed by atoms with Crippen LogP contribution in [0.3, 0.4) is 0 Å². The number of carbonyl (C=O) groups is 1. The third-order valence-electron chi connectivity index (χ3n) is 5.24. The van der Waals surface area contributed by atoms with Crippen LogP contribution in [0, 0.1) is 0 Å². The normalized spacial score (nSPS) is 19.4. The summed E-state index contributed by atoms with van der Waals surface area (Å²) in [6, 6.07) is 13.8. The van der Waals surface area contributed by atoms with Gasteiger partial charge in [-0.15, -0.1) is 0 Å². The molecule has 0 bridgehead atoms. The molecule has 2 heterocycles. The zero-order chi connectivity index (χ0) is 17.4. The van der Waals surface area contributed by atoms with E-state index in [1.807, 2.05) is 29.3 Å². The van der Waals surface area contributed by atoms with E-state index in [1.54, 1.807) is 0 Å². The summed E-state index contributed by atoms with van der Waals surface area (Å²) in [5, 5.41) is 8.28. The number of nitrogens with zero attached hydrogens (tertiary/aromatic N) is 2. The van der Waals surface area contributed by atoms with E-state index in [4.69, 9.17) is 5.73 Å². The molecule has 1 aromatic heterocycles. The van der Waals surface area contributed by atoms with Gasteiger partial charge in [0.05, 0.1) is 23.8 Å². The highest BCUT2D eigenvalue weighted by atomic mass is 16.2. The number of carbonyl (C=O) groups excluding carboxylic acids is 1. The Labute approximate surface area is 146 Å². The average molecular weight is 334 g/mol. The van der Waals surface area contributed by atoms with E-state index in [2.05, 4.69) is 41.4 Å². The van der Waals surface area contributed by atoms with Crippen LogP contribution in [0.5, 0.6) is 0 Å². The lowest BCUT2D eigenvalue weighted by Crippen LogP contribution is -2.46. The molecule has 128 valence electrons. The van der Waals surface area contributed by atoms with Crippen molar-refractivity contribution in [1.29, 1.82) is 0 Å². The molecule has 1 amide bonds. The second-order valence-electron chi connectivity index (χ2n) is 6.73. The Hall–Kier alpha value is -2.66. The highest BCUT2D eigenvalue weighted by Gasteiger charge is 2.29. The summed E-state index contributed by atoms with van der Waals surface area (Å²) in [7, 11) is 0.